The third-order valence-electron chi connectivity index (χ3n) is 2.01. The first kappa shape index (κ1) is 10.8. The molecule has 0 unspecified atom stereocenters. The van der Waals surface area contributed by atoms with Crippen molar-refractivity contribution in [2.24, 2.45) is 0 Å². The van der Waals surface area contributed by atoms with Gasteiger partial charge in [-0.1, -0.05) is 18.7 Å². The Labute approximate surface area is 97.4 Å². The van der Waals surface area contributed by atoms with Crippen LogP contribution in [0.15, 0.2) is 36.4 Å². The molecule has 0 aliphatic rings. The topological polar surface area (TPSA) is 39.2 Å². The second kappa shape index (κ2) is 4.45. The van der Waals surface area contributed by atoms with Gasteiger partial charge in [0.1, 0.15) is 11.6 Å². The highest BCUT2D eigenvalue weighted by Crippen LogP contribution is 2.22. The van der Waals surface area contributed by atoms with Gasteiger partial charge in [0.2, 0.25) is 0 Å². The molecule has 3 nitrogen and oxygen atoms in total. The number of aromatic nitrogens is 1. The van der Waals surface area contributed by atoms with E-state index in [4.69, 9.17) is 4.74 Å². The van der Waals surface area contributed by atoms with E-state index in [9.17, 15) is 4.79 Å². The summed E-state index contributed by atoms with van der Waals surface area (Å²) < 4.78 is 6.13. The Bertz CT molecular complexity index is 512. The standard InChI is InChI=1S/C12H11NO2S/c1-8(2)12(14)15-7-11-13-9-5-3-4-6-10(9)16-11/h3-6H,1,7H2,2H3. The number of esters is 1. The van der Waals surface area contributed by atoms with E-state index in [1.807, 2.05) is 24.3 Å². The van der Waals surface area contributed by atoms with E-state index in [1.165, 1.54) is 11.3 Å². The van der Waals surface area contributed by atoms with Gasteiger partial charge in [-0.25, -0.2) is 9.78 Å². The molecule has 4 heteroatoms. The van der Waals surface area contributed by atoms with Crippen LogP contribution in [0.3, 0.4) is 0 Å². The summed E-state index contributed by atoms with van der Waals surface area (Å²) in [6.45, 7) is 5.36. The Balaban J connectivity index is 2.10. The van der Waals surface area contributed by atoms with Crippen LogP contribution in [0.25, 0.3) is 10.2 Å². The smallest absolute Gasteiger partial charge is 0.333 e. The molecule has 0 aliphatic heterocycles. The van der Waals surface area contributed by atoms with Crippen molar-refractivity contribution < 1.29 is 9.53 Å². The number of para-hydroxylation sites is 1. The van der Waals surface area contributed by atoms with E-state index >= 15 is 0 Å². The molecule has 0 aliphatic carbocycles. The molecule has 16 heavy (non-hydrogen) atoms. The van der Waals surface area contributed by atoms with Gasteiger partial charge in [-0.2, -0.15) is 0 Å². The molecule has 0 fully saturated rings. The number of benzene rings is 1. The zero-order chi connectivity index (χ0) is 11.5. The maximum atomic E-state index is 11.2. The van der Waals surface area contributed by atoms with Crippen LogP contribution < -0.4 is 0 Å². The van der Waals surface area contributed by atoms with E-state index in [-0.39, 0.29) is 12.6 Å². The van der Waals surface area contributed by atoms with Crippen LogP contribution in [0.4, 0.5) is 0 Å². The fourth-order valence-corrected chi connectivity index (χ4v) is 2.11. The highest BCUT2D eigenvalue weighted by molar-refractivity contribution is 7.18. The molecule has 0 atom stereocenters. The first-order valence-electron chi connectivity index (χ1n) is 4.84. The number of thiazole rings is 1. The van der Waals surface area contributed by atoms with Crippen molar-refractivity contribution in [3.8, 4) is 0 Å². The molecular weight excluding hydrogens is 222 g/mol. The monoisotopic (exact) mass is 233 g/mol. The lowest BCUT2D eigenvalue weighted by molar-refractivity contribution is -0.140. The third kappa shape index (κ3) is 2.28. The number of carbonyl (C=O) groups is 1. The molecule has 2 rings (SSSR count). The van der Waals surface area contributed by atoms with E-state index in [2.05, 4.69) is 11.6 Å². The van der Waals surface area contributed by atoms with E-state index in [0.29, 0.717) is 5.57 Å². The highest BCUT2D eigenvalue weighted by Gasteiger charge is 2.07. The molecule has 2 aromatic rings. The Morgan fingerprint density at radius 2 is 2.25 bits per heavy atom. The molecule has 0 radical (unpaired) electrons. The minimum atomic E-state index is -0.376. The van der Waals surface area contributed by atoms with Crippen LogP contribution in [0.1, 0.15) is 11.9 Å². The predicted molar refractivity (Wildman–Crippen MR) is 64.2 cm³/mol. The summed E-state index contributed by atoms with van der Waals surface area (Å²) in [6.07, 6.45) is 0. The lowest BCUT2D eigenvalue weighted by Crippen LogP contribution is -2.04. The first-order valence-corrected chi connectivity index (χ1v) is 5.65. The Kier molecular flexibility index (Phi) is 3.01. The molecule has 0 saturated heterocycles. The maximum absolute atomic E-state index is 11.2. The molecule has 0 spiro atoms. The minimum Gasteiger partial charge on any atom is -0.455 e. The van der Waals surface area contributed by atoms with Crippen LogP contribution in [0.2, 0.25) is 0 Å². The molecule has 1 heterocycles. The van der Waals surface area contributed by atoms with Crippen molar-refractivity contribution in [3.05, 3.63) is 41.4 Å². The van der Waals surface area contributed by atoms with Crippen LogP contribution in [-0.4, -0.2) is 11.0 Å². The number of carbonyl (C=O) groups excluding carboxylic acids is 1. The molecular formula is C12H11NO2S. The average molecular weight is 233 g/mol. The number of hydrogen-bond donors (Lipinski definition) is 0. The SMILES string of the molecule is C=C(C)C(=O)OCc1nc2ccccc2s1. The van der Waals surface area contributed by atoms with Gasteiger partial charge >= 0.3 is 5.97 Å². The van der Waals surface area contributed by atoms with E-state index in [0.717, 1.165) is 15.2 Å². The number of ether oxygens (including phenoxy) is 1. The Hall–Kier alpha value is -1.68. The summed E-state index contributed by atoms with van der Waals surface area (Å²) in [4.78, 5) is 15.5. The van der Waals surface area contributed by atoms with Gasteiger partial charge in [-0.3, -0.25) is 0 Å². The lowest BCUT2D eigenvalue weighted by atomic mass is 10.3. The van der Waals surface area contributed by atoms with E-state index in [1.54, 1.807) is 6.92 Å². The van der Waals surface area contributed by atoms with Crippen molar-refractivity contribution in [3.63, 3.8) is 0 Å². The molecule has 0 N–H and O–H groups in total. The number of hydrogen-bond acceptors (Lipinski definition) is 4. The van der Waals surface area contributed by atoms with Crippen molar-refractivity contribution in [1.82, 2.24) is 4.98 Å². The van der Waals surface area contributed by atoms with Gasteiger partial charge < -0.3 is 4.74 Å². The van der Waals surface area contributed by atoms with Crippen molar-refractivity contribution in [1.29, 1.82) is 0 Å². The Morgan fingerprint density at radius 1 is 1.50 bits per heavy atom. The summed E-state index contributed by atoms with van der Waals surface area (Å²) in [5.74, 6) is -0.376. The summed E-state index contributed by atoms with van der Waals surface area (Å²) >= 11 is 1.53. The number of fused-ring (bicyclic) bond motifs is 1. The van der Waals surface area contributed by atoms with Gasteiger partial charge in [0, 0.05) is 5.57 Å². The zero-order valence-electron chi connectivity index (χ0n) is 8.90. The predicted octanol–water partition coefficient (Wildman–Crippen LogP) is 2.92. The largest absolute Gasteiger partial charge is 0.455 e. The third-order valence-corrected chi connectivity index (χ3v) is 3.02. The van der Waals surface area contributed by atoms with Gasteiger partial charge in [0.05, 0.1) is 10.2 Å². The second-order valence-electron chi connectivity index (χ2n) is 3.43. The van der Waals surface area contributed by atoms with Gasteiger partial charge in [0.25, 0.3) is 0 Å². The van der Waals surface area contributed by atoms with Crippen LogP contribution in [0, 0.1) is 0 Å². The second-order valence-corrected chi connectivity index (χ2v) is 4.55. The summed E-state index contributed by atoms with van der Waals surface area (Å²) in [7, 11) is 0. The molecule has 0 saturated carbocycles. The van der Waals surface area contributed by atoms with Gasteiger partial charge in [-0.05, 0) is 19.1 Å². The maximum Gasteiger partial charge on any atom is 0.333 e. The lowest BCUT2D eigenvalue weighted by Gasteiger charge is -2.00. The highest BCUT2D eigenvalue weighted by atomic mass is 32.1. The summed E-state index contributed by atoms with van der Waals surface area (Å²) in [5.41, 5.74) is 1.34. The Morgan fingerprint density at radius 3 is 2.94 bits per heavy atom. The van der Waals surface area contributed by atoms with Crippen molar-refractivity contribution >= 4 is 27.5 Å². The van der Waals surface area contributed by atoms with Gasteiger partial charge in [-0.15, -0.1) is 11.3 Å². The van der Waals surface area contributed by atoms with Crippen molar-refractivity contribution in [2.75, 3.05) is 0 Å². The molecule has 1 aromatic carbocycles. The fourth-order valence-electron chi connectivity index (χ4n) is 1.23. The number of nitrogens with zero attached hydrogens (tertiary/aromatic N) is 1. The minimum absolute atomic E-state index is 0.213. The zero-order valence-corrected chi connectivity index (χ0v) is 9.71. The molecule has 0 bridgehead atoms. The molecule has 82 valence electrons. The quantitative estimate of drug-likeness (QED) is 0.604. The molecule has 1 aromatic heterocycles. The normalized spacial score (nSPS) is 10.3. The summed E-state index contributed by atoms with van der Waals surface area (Å²) in [5, 5.41) is 0.802. The van der Waals surface area contributed by atoms with E-state index < -0.39 is 0 Å². The van der Waals surface area contributed by atoms with Crippen LogP contribution >= 0.6 is 11.3 Å². The number of rotatable bonds is 3. The van der Waals surface area contributed by atoms with Crippen LogP contribution in [-0.2, 0) is 16.1 Å². The molecule has 0 amide bonds. The average Bonchev–Trinajstić information content (AvgIpc) is 2.68. The summed E-state index contributed by atoms with van der Waals surface area (Å²) in [6, 6.07) is 7.84. The van der Waals surface area contributed by atoms with Crippen LogP contribution in [0.5, 0.6) is 0 Å². The first-order chi connectivity index (χ1) is 7.66. The van der Waals surface area contributed by atoms with Gasteiger partial charge in [0.15, 0.2) is 0 Å². The van der Waals surface area contributed by atoms with Crippen molar-refractivity contribution in [2.45, 2.75) is 13.5 Å². The fraction of sp³-hybridized carbons (Fsp3) is 0.167.